The SMILES string of the molecule is NCC1(F)CC(CNCc2ccc3c(c2)C(=O)N(C2CCC(=O)NC2=O)C3)C1. The number of halogens is 1. The molecule has 2 aliphatic heterocycles. The number of alkyl halides is 1. The Kier molecular flexibility index (Phi) is 4.93. The first-order chi connectivity index (χ1) is 13.4. The van der Waals surface area contributed by atoms with E-state index in [2.05, 4.69) is 10.6 Å². The maximum absolute atomic E-state index is 13.8. The molecule has 2 heterocycles. The molecule has 2 fully saturated rings. The van der Waals surface area contributed by atoms with E-state index >= 15 is 0 Å². The molecule has 0 radical (unpaired) electrons. The van der Waals surface area contributed by atoms with Crippen LogP contribution in [0.25, 0.3) is 0 Å². The van der Waals surface area contributed by atoms with Crippen molar-refractivity contribution in [2.45, 2.75) is 50.5 Å². The minimum atomic E-state index is -1.19. The van der Waals surface area contributed by atoms with Crippen LogP contribution in [0.4, 0.5) is 4.39 Å². The fraction of sp³-hybridized carbons (Fsp3) is 0.550. The molecule has 0 spiro atoms. The monoisotopic (exact) mass is 388 g/mol. The highest BCUT2D eigenvalue weighted by molar-refractivity contribution is 6.05. The van der Waals surface area contributed by atoms with Gasteiger partial charge >= 0.3 is 0 Å². The van der Waals surface area contributed by atoms with E-state index in [1.54, 1.807) is 4.90 Å². The molecule has 150 valence electrons. The Bertz CT molecular complexity index is 822. The van der Waals surface area contributed by atoms with Gasteiger partial charge in [-0.15, -0.1) is 0 Å². The number of hydrogen-bond donors (Lipinski definition) is 3. The van der Waals surface area contributed by atoms with Crippen molar-refractivity contribution in [1.82, 2.24) is 15.5 Å². The minimum absolute atomic E-state index is 0.0834. The zero-order chi connectivity index (χ0) is 19.9. The fourth-order valence-electron chi connectivity index (χ4n) is 4.42. The van der Waals surface area contributed by atoms with Gasteiger partial charge in [-0.05, 0) is 48.9 Å². The van der Waals surface area contributed by atoms with Crippen LogP contribution in [0, 0.1) is 5.92 Å². The largest absolute Gasteiger partial charge is 0.328 e. The van der Waals surface area contributed by atoms with E-state index < -0.39 is 17.6 Å². The summed E-state index contributed by atoms with van der Waals surface area (Å²) < 4.78 is 13.8. The lowest BCUT2D eigenvalue weighted by Gasteiger charge is -2.40. The van der Waals surface area contributed by atoms with Crippen LogP contribution in [0.2, 0.25) is 0 Å². The predicted octanol–water partition coefficient (Wildman–Crippen LogP) is 0.614. The Morgan fingerprint density at radius 3 is 2.79 bits per heavy atom. The van der Waals surface area contributed by atoms with Gasteiger partial charge in [0.05, 0.1) is 0 Å². The number of benzene rings is 1. The number of nitrogens with one attached hydrogen (secondary N) is 2. The quantitative estimate of drug-likeness (QED) is 0.620. The number of imide groups is 1. The third-order valence-corrected chi connectivity index (χ3v) is 6.03. The van der Waals surface area contributed by atoms with Crippen LogP contribution in [-0.4, -0.2) is 47.4 Å². The number of carbonyl (C=O) groups is 3. The molecule has 0 bridgehead atoms. The molecule has 4 rings (SSSR count). The van der Waals surface area contributed by atoms with Crippen molar-refractivity contribution in [3.8, 4) is 0 Å². The molecule has 28 heavy (non-hydrogen) atoms. The standard InChI is InChI=1S/C20H25FN4O3/c21-20(11-22)6-13(7-20)9-23-8-12-1-2-14-10-25(19(28)15(14)5-12)16-3-4-17(26)24-18(16)27/h1-2,5,13,16,23H,3-4,6-11,22H2,(H,24,26,27). The highest BCUT2D eigenvalue weighted by atomic mass is 19.1. The van der Waals surface area contributed by atoms with Crippen LogP contribution in [-0.2, 0) is 22.7 Å². The lowest BCUT2D eigenvalue weighted by molar-refractivity contribution is -0.136. The van der Waals surface area contributed by atoms with Gasteiger partial charge in [-0.1, -0.05) is 12.1 Å². The molecule has 3 amide bonds. The Labute approximate surface area is 162 Å². The van der Waals surface area contributed by atoms with Crippen LogP contribution in [0.3, 0.4) is 0 Å². The van der Waals surface area contributed by atoms with Crippen LogP contribution >= 0.6 is 0 Å². The van der Waals surface area contributed by atoms with Crippen molar-refractivity contribution < 1.29 is 18.8 Å². The van der Waals surface area contributed by atoms with Gasteiger partial charge in [-0.25, -0.2) is 4.39 Å². The van der Waals surface area contributed by atoms with E-state index in [-0.39, 0.29) is 24.8 Å². The fourth-order valence-corrected chi connectivity index (χ4v) is 4.42. The van der Waals surface area contributed by atoms with Gasteiger partial charge in [0.2, 0.25) is 11.8 Å². The normalized spacial score (nSPS) is 29.5. The minimum Gasteiger partial charge on any atom is -0.328 e. The summed E-state index contributed by atoms with van der Waals surface area (Å²) in [6, 6.07) is 5.14. The molecule has 7 nitrogen and oxygen atoms in total. The summed E-state index contributed by atoms with van der Waals surface area (Å²) in [5, 5.41) is 5.63. The van der Waals surface area contributed by atoms with Gasteiger partial charge in [-0.3, -0.25) is 19.7 Å². The number of rotatable bonds is 6. The number of nitrogens with zero attached hydrogens (tertiary/aromatic N) is 1. The number of fused-ring (bicyclic) bond motifs is 1. The summed E-state index contributed by atoms with van der Waals surface area (Å²) in [4.78, 5) is 37.8. The van der Waals surface area contributed by atoms with Gasteiger partial charge in [0.15, 0.2) is 0 Å². The average Bonchev–Trinajstić information content (AvgIpc) is 2.96. The molecule has 1 aliphatic carbocycles. The van der Waals surface area contributed by atoms with Gasteiger partial charge in [0.1, 0.15) is 11.7 Å². The Morgan fingerprint density at radius 2 is 2.07 bits per heavy atom. The first-order valence-electron chi connectivity index (χ1n) is 9.75. The number of hydrogen-bond acceptors (Lipinski definition) is 5. The van der Waals surface area contributed by atoms with Crippen molar-refractivity contribution in [2.24, 2.45) is 11.7 Å². The summed E-state index contributed by atoms with van der Waals surface area (Å²) in [6.45, 7) is 1.78. The number of piperidine rings is 1. The smallest absolute Gasteiger partial charge is 0.255 e. The van der Waals surface area contributed by atoms with Gasteiger partial charge < -0.3 is 16.0 Å². The van der Waals surface area contributed by atoms with Crippen molar-refractivity contribution in [1.29, 1.82) is 0 Å². The zero-order valence-electron chi connectivity index (χ0n) is 15.7. The zero-order valence-corrected chi connectivity index (χ0v) is 15.7. The Hall–Kier alpha value is -2.32. The Balaban J connectivity index is 1.34. The van der Waals surface area contributed by atoms with Crippen molar-refractivity contribution >= 4 is 17.7 Å². The highest BCUT2D eigenvalue weighted by Gasteiger charge is 2.43. The molecule has 1 saturated heterocycles. The van der Waals surface area contributed by atoms with Crippen LogP contribution in [0.5, 0.6) is 0 Å². The molecular formula is C20H25FN4O3. The summed E-state index contributed by atoms with van der Waals surface area (Å²) in [6.07, 6.45) is 1.61. The summed E-state index contributed by atoms with van der Waals surface area (Å²) >= 11 is 0. The van der Waals surface area contributed by atoms with E-state index in [1.807, 2.05) is 18.2 Å². The molecule has 1 saturated carbocycles. The molecule has 3 aliphatic rings. The molecule has 1 aromatic carbocycles. The van der Waals surface area contributed by atoms with E-state index in [9.17, 15) is 18.8 Å². The lowest BCUT2D eigenvalue weighted by atomic mass is 9.72. The summed E-state index contributed by atoms with van der Waals surface area (Å²) in [7, 11) is 0. The van der Waals surface area contributed by atoms with Gasteiger partial charge in [-0.2, -0.15) is 0 Å². The third-order valence-electron chi connectivity index (χ3n) is 6.03. The second-order valence-electron chi connectivity index (χ2n) is 8.15. The first kappa shape index (κ1) is 19.0. The molecule has 0 aromatic heterocycles. The lowest BCUT2D eigenvalue weighted by Crippen LogP contribution is -2.52. The van der Waals surface area contributed by atoms with Crippen molar-refractivity contribution in [2.75, 3.05) is 13.1 Å². The average molecular weight is 388 g/mol. The molecule has 4 N–H and O–H groups in total. The molecular weight excluding hydrogens is 363 g/mol. The van der Waals surface area contributed by atoms with Gasteiger partial charge in [0, 0.05) is 31.6 Å². The third kappa shape index (κ3) is 3.54. The molecule has 1 atom stereocenters. The van der Waals surface area contributed by atoms with Crippen LogP contribution < -0.4 is 16.4 Å². The number of carbonyl (C=O) groups excluding carboxylic acids is 3. The Morgan fingerprint density at radius 1 is 1.29 bits per heavy atom. The first-order valence-corrected chi connectivity index (χ1v) is 9.75. The second-order valence-corrected chi connectivity index (χ2v) is 8.15. The van der Waals surface area contributed by atoms with Crippen molar-refractivity contribution in [3.63, 3.8) is 0 Å². The topological polar surface area (TPSA) is 105 Å². The van der Waals surface area contributed by atoms with Gasteiger partial charge in [0.25, 0.3) is 5.91 Å². The summed E-state index contributed by atoms with van der Waals surface area (Å²) in [5.74, 6) is -0.564. The van der Waals surface area contributed by atoms with E-state index in [0.717, 1.165) is 17.7 Å². The van der Waals surface area contributed by atoms with E-state index in [1.165, 1.54) is 0 Å². The molecule has 8 heteroatoms. The van der Waals surface area contributed by atoms with Crippen LogP contribution in [0.1, 0.15) is 47.2 Å². The molecule has 1 unspecified atom stereocenters. The second kappa shape index (κ2) is 7.25. The number of nitrogens with two attached hydrogens (primary N) is 1. The summed E-state index contributed by atoms with van der Waals surface area (Å²) in [5.41, 5.74) is 6.71. The maximum Gasteiger partial charge on any atom is 0.255 e. The van der Waals surface area contributed by atoms with Crippen LogP contribution in [0.15, 0.2) is 18.2 Å². The maximum atomic E-state index is 13.8. The van der Waals surface area contributed by atoms with Crippen molar-refractivity contribution in [3.05, 3.63) is 34.9 Å². The predicted molar refractivity (Wildman–Crippen MR) is 99.8 cm³/mol. The highest BCUT2D eigenvalue weighted by Crippen LogP contribution is 2.40. The molecule has 1 aromatic rings. The van der Waals surface area contributed by atoms with E-state index in [0.29, 0.717) is 43.8 Å². The van der Waals surface area contributed by atoms with E-state index in [4.69, 9.17) is 5.73 Å². The number of amides is 3.